The van der Waals surface area contributed by atoms with Gasteiger partial charge in [-0.05, 0) is 49.5 Å². The zero-order valence-electron chi connectivity index (χ0n) is 19.8. The maximum Gasteiger partial charge on any atom is 0.247 e. The summed E-state index contributed by atoms with van der Waals surface area (Å²) in [6.45, 7) is 8.32. The first-order valence-electron chi connectivity index (χ1n) is 11.8. The highest BCUT2D eigenvalue weighted by molar-refractivity contribution is 6.01. The van der Waals surface area contributed by atoms with Crippen LogP contribution in [0.2, 0.25) is 0 Å². The molecule has 172 valence electrons. The molecule has 2 aliphatic carbocycles. The second kappa shape index (κ2) is 9.98. The van der Waals surface area contributed by atoms with Crippen LogP contribution in [0.3, 0.4) is 0 Å². The standard InChI is InChI=1S/C24H26N6O.C2H6/c1-14(2)11-21-26-23(30-28-21)16-7-10-20-19(13-16)22(29-27-20)15-5-3-4-6-17(12-15)24(31)25-18-8-9-18;1-2/h3-5,7,10,12-14,18H,6,8-9,11H2,1-2H3,(H,25,31)(H,27,29)(H,26,28,30);1-2H3. The van der Waals surface area contributed by atoms with Crippen molar-refractivity contribution in [1.82, 2.24) is 30.7 Å². The summed E-state index contributed by atoms with van der Waals surface area (Å²) in [5, 5.41) is 19.2. The minimum Gasteiger partial charge on any atom is -0.350 e. The molecule has 0 atom stereocenters. The topological polar surface area (TPSA) is 99.3 Å². The SMILES string of the molecule is CC.CC(C)Cc1nc(-c2ccc3[nH]nc(C4=CC=CCC(C(=O)NC5CC5)=C4)c3c2)n[nH]1. The van der Waals surface area contributed by atoms with Crippen LogP contribution in [0.5, 0.6) is 0 Å². The van der Waals surface area contributed by atoms with Gasteiger partial charge >= 0.3 is 0 Å². The van der Waals surface area contributed by atoms with Crippen molar-refractivity contribution < 1.29 is 4.79 Å². The summed E-state index contributed by atoms with van der Waals surface area (Å²) in [5.41, 5.74) is 4.35. The highest BCUT2D eigenvalue weighted by Gasteiger charge is 2.25. The Balaban J connectivity index is 0.00000126. The minimum atomic E-state index is 0.0129. The molecular weight excluding hydrogens is 412 g/mol. The van der Waals surface area contributed by atoms with Crippen LogP contribution < -0.4 is 5.32 Å². The lowest BCUT2D eigenvalue weighted by molar-refractivity contribution is -0.117. The molecule has 0 saturated heterocycles. The molecule has 7 heteroatoms. The van der Waals surface area contributed by atoms with Gasteiger partial charge in [0.1, 0.15) is 5.82 Å². The van der Waals surface area contributed by atoms with Gasteiger partial charge in [-0.3, -0.25) is 15.0 Å². The molecule has 0 unspecified atom stereocenters. The number of hydrogen-bond acceptors (Lipinski definition) is 4. The number of benzene rings is 1. The second-order valence-corrected chi connectivity index (χ2v) is 8.71. The van der Waals surface area contributed by atoms with E-state index >= 15 is 0 Å². The van der Waals surface area contributed by atoms with Crippen molar-refractivity contribution in [3.63, 3.8) is 0 Å². The molecule has 0 spiro atoms. The molecule has 1 aromatic carbocycles. The molecule has 0 aliphatic heterocycles. The molecule has 2 heterocycles. The molecule has 3 N–H and O–H groups in total. The molecule has 3 aromatic rings. The van der Waals surface area contributed by atoms with E-state index in [0.717, 1.165) is 58.4 Å². The average Bonchev–Trinajstić information content (AvgIpc) is 3.43. The van der Waals surface area contributed by atoms with E-state index in [0.29, 0.717) is 24.2 Å². The summed E-state index contributed by atoms with van der Waals surface area (Å²) in [7, 11) is 0. The summed E-state index contributed by atoms with van der Waals surface area (Å²) in [6.07, 6.45) is 11.6. The molecule has 2 aromatic heterocycles. The van der Waals surface area contributed by atoms with E-state index in [-0.39, 0.29) is 5.91 Å². The third-order valence-electron chi connectivity index (χ3n) is 5.51. The van der Waals surface area contributed by atoms with Crippen LogP contribution in [0.25, 0.3) is 27.9 Å². The van der Waals surface area contributed by atoms with E-state index in [9.17, 15) is 4.79 Å². The Morgan fingerprint density at radius 1 is 1.18 bits per heavy atom. The number of carbonyl (C=O) groups is 1. The largest absolute Gasteiger partial charge is 0.350 e. The molecule has 1 saturated carbocycles. The maximum absolute atomic E-state index is 12.6. The molecule has 7 nitrogen and oxygen atoms in total. The highest BCUT2D eigenvalue weighted by Crippen LogP contribution is 2.30. The monoisotopic (exact) mass is 444 g/mol. The average molecular weight is 445 g/mol. The number of nitrogens with one attached hydrogen (secondary N) is 3. The van der Waals surface area contributed by atoms with E-state index in [1.54, 1.807) is 0 Å². The third kappa shape index (κ3) is 5.30. The van der Waals surface area contributed by atoms with Crippen LogP contribution in [0.15, 0.2) is 48.1 Å². The predicted octanol–water partition coefficient (Wildman–Crippen LogP) is 5.12. The zero-order valence-corrected chi connectivity index (χ0v) is 19.8. The van der Waals surface area contributed by atoms with E-state index < -0.39 is 0 Å². The Labute approximate surface area is 194 Å². The fourth-order valence-electron chi connectivity index (χ4n) is 3.75. The number of allylic oxidation sites excluding steroid dienone is 5. The van der Waals surface area contributed by atoms with Gasteiger partial charge in [-0.2, -0.15) is 10.2 Å². The van der Waals surface area contributed by atoms with Crippen molar-refractivity contribution in [3.8, 4) is 11.4 Å². The van der Waals surface area contributed by atoms with Gasteiger partial charge < -0.3 is 5.32 Å². The minimum absolute atomic E-state index is 0.0129. The van der Waals surface area contributed by atoms with Gasteiger partial charge in [0.2, 0.25) is 5.91 Å². The van der Waals surface area contributed by atoms with Crippen molar-refractivity contribution in [1.29, 1.82) is 0 Å². The Morgan fingerprint density at radius 3 is 2.76 bits per heavy atom. The van der Waals surface area contributed by atoms with Crippen LogP contribution in [-0.4, -0.2) is 37.3 Å². The van der Waals surface area contributed by atoms with Crippen LogP contribution in [0.4, 0.5) is 0 Å². The van der Waals surface area contributed by atoms with Crippen LogP contribution in [0, 0.1) is 5.92 Å². The van der Waals surface area contributed by atoms with Crippen LogP contribution in [0.1, 0.15) is 58.5 Å². The first kappa shape index (κ1) is 22.7. The van der Waals surface area contributed by atoms with E-state index in [4.69, 9.17) is 0 Å². The van der Waals surface area contributed by atoms with Crippen molar-refractivity contribution in [3.05, 3.63) is 59.6 Å². The van der Waals surface area contributed by atoms with Crippen LogP contribution >= 0.6 is 0 Å². The quantitative estimate of drug-likeness (QED) is 0.491. The summed E-state index contributed by atoms with van der Waals surface area (Å²) < 4.78 is 0. The Bertz CT molecular complexity index is 1220. The fourth-order valence-corrected chi connectivity index (χ4v) is 3.75. The van der Waals surface area contributed by atoms with Crippen LogP contribution in [-0.2, 0) is 11.2 Å². The number of aromatic amines is 2. The molecular formula is C26H32N6O. The lowest BCUT2D eigenvalue weighted by Gasteiger charge is -2.06. The number of rotatable bonds is 6. The Hall–Kier alpha value is -3.48. The highest BCUT2D eigenvalue weighted by atomic mass is 16.1. The number of hydrogen-bond donors (Lipinski definition) is 3. The van der Waals surface area contributed by atoms with Crippen molar-refractivity contribution in [2.75, 3.05) is 0 Å². The van der Waals surface area contributed by atoms with Gasteiger partial charge in [0.25, 0.3) is 0 Å². The van der Waals surface area contributed by atoms with Crippen molar-refractivity contribution in [2.45, 2.75) is 59.4 Å². The number of nitrogens with zero attached hydrogens (tertiary/aromatic N) is 3. The number of amides is 1. The first-order chi connectivity index (χ1) is 16.1. The van der Waals surface area contributed by atoms with Gasteiger partial charge in [0.05, 0.1) is 11.2 Å². The summed E-state index contributed by atoms with van der Waals surface area (Å²) in [5.74, 6) is 2.10. The van der Waals surface area contributed by atoms with Gasteiger partial charge in [-0.1, -0.05) is 45.9 Å². The van der Waals surface area contributed by atoms with E-state index in [2.05, 4.69) is 50.6 Å². The predicted molar refractivity (Wildman–Crippen MR) is 132 cm³/mol. The molecule has 33 heavy (non-hydrogen) atoms. The molecule has 0 radical (unpaired) electrons. The summed E-state index contributed by atoms with van der Waals surface area (Å²) >= 11 is 0. The smallest absolute Gasteiger partial charge is 0.247 e. The van der Waals surface area contributed by atoms with Crippen molar-refractivity contribution in [2.24, 2.45) is 5.92 Å². The van der Waals surface area contributed by atoms with Gasteiger partial charge in [0, 0.05) is 34.6 Å². The molecule has 1 fully saturated rings. The molecule has 2 aliphatic rings. The second-order valence-electron chi connectivity index (χ2n) is 8.71. The van der Waals surface area contributed by atoms with E-state index in [1.165, 1.54) is 0 Å². The van der Waals surface area contributed by atoms with Gasteiger partial charge in [-0.25, -0.2) is 4.98 Å². The number of aromatic nitrogens is 5. The maximum atomic E-state index is 12.6. The molecule has 1 amide bonds. The summed E-state index contributed by atoms with van der Waals surface area (Å²) in [6, 6.07) is 6.39. The number of H-pyrrole nitrogens is 2. The summed E-state index contributed by atoms with van der Waals surface area (Å²) in [4.78, 5) is 17.3. The van der Waals surface area contributed by atoms with E-state index in [1.807, 2.05) is 50.3 Å². The van der Waals surface area contributed by atoms with Gasteiger partial charge in [0.15, 0.2) is 5.82 Å². The number of fused-ring (bicyclic) bond motifs is 1. The third-order valence-corrected chi connectivity index (χ3v) is 5.51. The first-order valence-corrected chi connectivity index (χ1v) is 11.8. The fraction of sp³-hybridized carbons (Fsp3) is 0.385. The molecule has 5 rings (SSSR count). The lowest BCUT2D eigenvalue weighted by atomic mass is 10.0. The normalized spacial score (nSPS) is 15.5. The zero-order chi connectivity index (χ0) is 23.4. The lowest BCUT2D eigenvalue weighted by Crippen LogP contribution is -2.26. The van der Waals surface area contributed by atoms with Crippen molar-refractivity contribution >= 4 is 22.4 Å². The Morgan fingerprint density at radius 2 is 2.00 bits per heavy atom. The number of carbonyl (C=O) groups excluding carboxylic acids is 1. The Kier molecular flexibility index (Phi) is 6.87. The molecule has 0 bridgehead atoms. The van der Waals surface area contributed by atoms with Gasteiger partial charge in [-0.15, -0.1) is 0 Å².